The molecule has 0 saturated heterocycles. The van der Waals surface area contributed by atoms with Gasteiger partial charge in [0.15, 0.2) is 0 Å². The lowest BCUT2D eigenvalue weighted by Crippen LogP contribution is -2.26. The Morgan fingerprint density at radius 2 is 2.33 bits per heavy atom. The first-order valence-electron chi connectivity index (χ1n) is 4.14. The van der Waals surface area contributed by atoms with E-state index in [1.54, 1.807) is 18.7 Å². The van der Waals surface area contributed by atoms with E-state index < -0.39 is 0 Å². The lowest BCUT2D eigenvalue weighted by molar-refractivity contribution is 0.152. The largest absolute Gasteiger partial charge is 0.450 e. The third-order valence-corrected chi connectivity index (χ3v) is 2.54. The highest BCUT2D eigenvalue weighted by molar-refractivity contribution is 7.99. The molecule has 0 rings (SSSR count). The van der Waals surface area contributed by atoms with Gasteiger partial charge in [-0.2, -0.15) is 11.8 Å². The summed E-state index contributed by atoms with van der Waals surface area (Å²) in [4.78, 5) is 10.8. The van der Waals surface area contributed by atoms with Crippen LogP contribution in [0.1, 0.15) is 20.3 Å². The van der Waals surface area contributed by atoms with Crippen molar-refractivity contribution in [2.45, 2.75) is 25.5 Å². The highest BCUT2D eigenvalue weighted by Crippen LogP contribution is 2.07. The van der Waals surface area contributed by atoms with Crippen molar-refractivity contribution in [3.8, 4) is 0 Å². The van der Waals surface area contributed by atoms with E-state index in [2.05, 4.69) is 18.5 Å². The Balaban J connectivity index is 3.24. The molecule has 0 spiro atoms. The van der Waals surface area contributed by atoms with Gasteiger partial charge >= 0.3 is 6.09 Å². The highest BCUT2D eigenvalue weighted by Gasteiger charge is 2.01. The Hall–Kier alpha value is -0.380. The summed E-state index contributed by atoms with van der Waals surface area (Å²) in [5, 5.41) is 3.26. The molecule has 0 aromatic rings. The Labute approximate surface area is 78.2 Å². The summed E-state index contributed by atoms with van der Waals surface area (Å²) in [6, 6.07) is 0. The van der Waals surface area contributed by atoms with E-state index in [1.165, 1.54) is 0 Å². The molecule has 1 atom stereocenters. The second-order valence-electron chi connectivity index (χ2n) is 2.48. The number of amides is 1. The summed E-state index contributed by atoms with van der Waals surface area (Å²) in [6.07, 6.45) is 2.74. The standard InChI is InChI=1S/C8H17NO2S/c1-4-11-8(10)9-6-5-7(2)12-3/h7H,4-6H2,1-3H3,(H,9,10). The van der Waals surface area contributed by atoms with E-state index >= 15 is 0 Å². The van der Waals surface area contributed by atoms with Crippen molar-refractivity contribution in [2.75, 3.05) is 19.4 Å². The summed E-state index contributed by atoms with van der Waals surface area (Å²) >= 11 is 1.80. The number of nitrogens with one attached hydrogen (secondary N) is 1. The molecular formula is C8H17NO2S. The van der Waals surface area contributed by atoms with Gasteiger partial charge < -0.3 is 10.1 Å². The molecule has 72 valence electrons. The van der Waals surface area contributed by atoms with Crippen LogP contribution in [0.2, 0.25) is 0 Å². The van der Waals surface area contributed by atoms with Gasteiger partial charge in [-0.3, -0.25) is 0 Å². The van der Waals surface area contributed by atoms with Gasteiger partial charge in [-0.15, -0.1) is 0 Å². The first-order valence-corrected chi connectivity index (χ1v) is 5.43. The van der Waals surface area contributed by atoms with Crippen LogP contribution in [0.25, 0.3) is 0 Å². The number of carbonyl (C=O) groups is 1. The van der Waals surface area contributed by atoms with Crippen LogP contribution in [0.15, 0.2) is 0 Å². The molecular weight excluding hydrogens is 174 g/mol. The average Bonchev–Trinajstić information content (AvgIpc) is 2.04. The van der Waals surface area contributed by atoms with Crippen molar-refractivity contribution < 1.29 is 9.53 Å². The van der Waals surface area contributed by atoms with Crippen LogP contribution in [0.3, 0.4) is 0 Å². The maximum Gasteiger partial charge on any atom is 0.407 e. The van der Waals surface area contributed by atoms with Crippen LogP contribution in [0, 0.1) is 0 Å². The van der Waals surface area contributed by atoms with Gasteiger partial charge in [-0.25, -0.2) is 4.79 Å². The maximum absolute atomic E-state index is 10.8. The zero-order valence-corrected chi connectivity index (χ0v) is 8.74. The summed E-state index contributed by atoms with van der Waals surface area (Å²) < 4.78 is 4.70. The number of ether oxygens (including phenoxy) is 1. The highest BCUT2D eigenvalue weighted by atomic mass is 32.2. The Morgan fingerprint density at radius 1 is 1.67 bits per heavy atom. The Bertz CT molecular complexity index is 130. The molecule has 1 unspecified atom stereocenters. The van der Waals surface area contributed by atoms with Gasteiger partial charge in [-0.05, 0) is 19.6 Å². The fraction of sp³-hybridized carbons (Fsp3) is 0.875. The first kappa shape index (κ1) is 11.6. The fourth-order valence-corrected chi connectivity index (χ4v) is 1.03. The van der Waals surface area contributed by atoms with E-state index in [0.717, 1.165) is 6.42 Å². The molecule has 0 fully saturated rings. The molecule has 0 aliphatic heterocycles. The minimum atomic E-state index is -0.314. The molecule has 0 aliphatic carbocycles. The minimum absolute atomic E-state index is 0.314. The molecule has 12 heavy (non-hydrogen) atoms. The quantitative estimate of drug-likeness (QED) is 0.721. The number of rotatable bonds is 5. The number of thioether (sulfide) groups is 1. The Morgan fingerprint density at radius 3 is 2.83 bits per heavy atom. The number of carbonyl (C=O) groups excluding carboxylic acids is 1. The van der Waals surface area contributed by atoms with Crippen LogP contribution < -0.4 is 5.32 Å². The van der Waals surface area contributed by atoms with Crippen molar-refractivity contribution >= 4 is 17.9 Å². The fourth-order valence-electron chi connectivity index (χ4n) is 0.677. The molecule has 0 bridgehead atoms. The summed E-state index contributed by atoms with van der Waals surface area (Å²) in [7, 11) is 0. The molecule has 0 aromatic carbocycles. The molecule has 0 aromatic heterocycles. The lowest BCUT2D eigenvalue weighted by atomic mass is 10.3. The molecule has 0 heterocycles. The van der Waals surface area contributed by atoms with Crippen LogP contribution in [0.5, 0.6) is 0 Å². The molecule has 0 saturated carbocycles. The third kappa shape index (κ3) is 6.34. The van der Waals surface area contributed by atoms with E-state index in [9.17, 15) is 4.79 Å². The number of hydrogen-bond donors (Lipinski definition) is 1. The molecule has 4 heteroatoms. The molecule has 0 radical (unpaired) electrons. The molecule has 1 N–H and O–H groups in total. The SMILES string of the molecule is CCOC(=O)NCCC(C)SC. The second kappa shape index (κ2) is 7.28. The van der Waals surface area contributed by atoms with E-state index in [1.807, 2.05) is 0 Å². The van der Waals surface area contributed by atoms with Crippen LogP contribution in [-0.4, -0.2) is 30.8 Å². The van der Waals surface area contributed by atoms with E-state index in [4.69, 9.17) is 4.74 Å². The van der Waals surface area contributed by atoms with Gasteiger partial charge in [0.05, 0.1) is 6.61 Å². The van der Waals surface area contributed by atoms with Gasteiger partial charge in [0.1, 0.15) is 0 Å². The number of alkyl carbamates (subject to hydrolysis) is 1. The second-order valence-corrected chi connectivity index (χ2v) is 3.76. The number of hydrogen-bond acceptors (Lipinski definition) is 3. The zero-order valence-electron chi connectivity index (χ0n) is 7.92. The van der Waals surface area contributed by atoms with Gasteiger partial charge in [0.25, 0.3) is 0 Å². The molecule has 0 aliphatic rings. The molecule has 1 amide bonds. The van der Waals surface area contributed by atoms with E-state index in [-0.39, 0.29) is 6.09 Å². The van der Waals surface area contributed by atoms with Crippen LogP contribution in [0.4, 0.5) is 4.79 Å². The predicted molar refractivity (Wildman–Crippen MR) is 52.6 cm³/mol. The summed E-state index contributed by atoms with van der Waals surface area (Å²) in [5.41, 5.74) is 0. The van der Waals surface area contributed by atoms with Gasteiger partial charge in [0, 0.05) is 11.8 Å². The monoisotopic (exact) mass is 191 g/mol. The third-order valence-electron chi connectivity index (χ3n) is 1.50. The molecule has 3 nitrogen and oxygen atoms in total. The average molecular weight is 191 g/mol. The first-order chi connectivity index (χ1) is 5.70. The smallest absolute Gasteiger partial charge is 0.407 e. The van der Waals surface area contributed by atoms with Gasteiger partial charge in [-0.1, -0.05) is 6.92 Å². The Kier molecular flexibility index (Phi) is 7.05. The lowest BCUT2D eigenvalue weighted by Gasteiger charge is -2.08. The minimum Gasteiger partial charge on any atom is -0.450 e. The van der Waals surface area contributed by atoms with Crippen molar-refractivity contribution in [1.82, 2.24) is 5.32 Å². The van der Waals surface area contributed by atoms with Crippen molar-refractivity contribution in [2.24, 2.45) is 0 Å². The van der Waals surface area contributed by atoms with Crippen LogP contribution >= 0.6 is 11.8 Å². The van der Waals surface area contributed by atoms with Crippen molar-refractivity contribution in [3.63, 3.8) is 0 Å². The van der Waals surface area contributed by atoms with Crippen molar-refractivity contribution in [1.29, 1.82) is 0 Å². The normalized spacial score (nSPS) is 12.2. The topological polar surface area (TPSA) is 38.3 Å². The maximum atomic E-state index is 10.8. The van der Waals surface area contributed by atoms with Crippen molar-refractivity contribution in [3.05, 3.63) is 0 Å². The van der Waals surface area contributed by atoms with Crippen LogP contribution in [-0.2, 0) is 4.74 Å². The summed E-state index contributed by atoms with van der Waals surface area (Å²) in [6.45, 7) is 5.06. The van der Waals surface area contributed by atoms with Gasteiger partial charge in [0.2, 0.25) is 0 Å². The zero-order chi connectivity index (χ0) is 9.40. The van der Waals surface area contributed by atoms with E-state index in [0.29, 0.717) is 18.4 Å². The predicted octanol–water partition coefficient (Wildman–Crippen LogP) is 1.87. The summed E-state index contributed by atoms with van der Waals surface area (Å²) in [5.74, 6) is 0.